The van der Waals surface area contributed by atoms with Crippen molar-refractivity contribution in [3.05, 3.63) is 34.7 Å². The molecule has 0 unspecified atom stereocenters. The Morgan fingerprint density at radius 2 is 2.06 bits per heavy atom. The van der Waals surface area contributed by atoms with Gasteiger partial charge in [-0.1, -0.05) is 6.92 Å². The van der Waals surface area contributed by atoms with Crippen LogP contribution in [-0.2, 0) is 15.6 Å². The van der Waals surface area contributed by atoms with Crippen LogP contribution in [0.1, 0.15) is 22.2 Å². The van der Waals surface area contributed by atoms with E-state index in [1.54, 1.807) is 25.1 Å². The van der Waals surface area contributed by atoms with Crippen molar-refractivity contribution in [2.45, 2.75) is 12.7 Å². The molecule has 96 valence electrons. The summed E-state index contributed by atoms with van der Waals surface area (Å²) in [5.74, 6) is -0.849. The van der Waals surface area contributed by atoms with E-state index < -0.39 is 15.8 Å². The van der Waals surface area contributed by atoms with Crippen LogP contribution in [0.3, 0.4) is 0 Å². The van der Waals surface area contributed by atoms with Crippen LogP contribution in [-0.4, -0.2) is 25.2 Å². The summed E-state index contributed by atoms with van der Waals surface area (Å²) in [5, 5.41) is 9.66. The molecule has 0 radical (unpaired) electrons. The van der Waals surface area contributed by atoms with Gasteiger partial charge in [-0.2, -0.15) is 0 Å². The molecular weight excluding hydrogens is 272 g/mol. The molecule has 0 saturated carbocycles. The number of aromatic carboxylic acids is 1. The number of rotatable bonds is 4. The van der Waals surface area contributed by atoms with Gasteiger partial charge in [0.25, 0.3) is 0 Å². The van der Waals surface area contributed by atoms with E-state index in [0.717, 1.165) is 15.0 Å². The number of carbonyl (C=O) groups is 1. The van der Waals surface area contributed by atoms with Crippen molar-refractivity contribution in [2.24, 2.45) is 0 Å². The summed E-state index contributed by atoms with van der Waals surface area (Å²) >= 11 is 1.39. The third kappa shape index (κ3) is 2.70. The van der Waals surface area contributed by atoms with Crippen LogP contribution in [0.4, 0.5) is 0 Å². The molecule has 0 amide bonds. The highest BCUT2D eigenvalue weighted by Crippen LogP contribution is 2.28. The lowest BCUT2D eigenvalue weighted by molar-refractivity contribution is 0.0697. The first-order valence-corrected chi connectivity index (χ1v) is 8.01. The quantitative estimate of drug-likeness (QED) is 0.936. The number of benzene rings is 1. The van der Waals surface area contributed by atoms with Gasteiger partial charge < -0.3 is 5.11 Å². The first-order valence-electron chi connectivity index (χ1n) is 5.37. The second-order valence-electron chi connectivity index (χ2n) is 3.95. The van der Waals surface area contributed by atoms with Crippen molar-refractivity contribution in [3.8, 4) is 0 Å². The number of fused-ring (bicyclic) bond motifs is 1. The average Bonchev–Trinajstić information content (AvgIpc) is 2.68. The van der Waals surface area contributed by atoms with Crippen LogP contribution in [0.15, 0.2) is 24.3 Å². The largest absolute Gasteiger partial charge is 0.478 e. The van der Waals surface area contributed by atoms with E-state index in [2.05, 4.69) is 0 Å². The molecule has 0 fully saturated rings. The van der Waals surface area contributed by atoms with Crippen LogP contribution < -0.4 is 0 Å². The Hall–Kier alpha value is -1.40. The first-order chi connectivity index (χ1) is 8.41. The van der Waals surface area contributed by atoms with Crippen LogP contribution >= 0.6 is 11.3 Å². The van der Waals surface area contributed by atoms with Gasteiger partial charge in [-0.3, -0.25) is 0 Å². The Kier molecular flexibility index (Phi) is 3.41. The topological polar surface area (TPSA) is 71.4 Å². The number of sulfone groups is 1. The predicted octanol–water partition coefficient (Wildman–Crippen LogP) is 2.53. The normalized spacial score (nSPS) is 11.8. The minimum Gasteiger partial charge on any atom is -0.478 e. The lowest BCUT2D eigenvalue weighted by Crippen LogP contribution is -2.04. The SMILES string of the molecule is CCS(=O)(=O)Cc1cc2cc(C(=O)O)ccc2s1. The van der Waals surface area contributed by atoms with Gasteiger partial charge in [0.1, 0.15) is 0 Å². The summed E-state index contributed by atoms with van der Waals surface area (Å²) in [5.41, 5.74) is 0.213. The smallest absolute Gasteiger partial charge is 0.335 e. The number of hydrogen-bond donors (Lipinski definition) is 1. The molecule has 18 heavy (non-hydrogen) atoms. The highest BCUT2D eigenvalue weighted by molar-refractivity contribution is 7.90. The van der Waals surface area contributed by atoms with Gasteiger partial charge in [-0.25, -0.2) is 13.2 Å². The van der Waals surface area contributed by atoms with Gasteiger partial charge in [-0.15, -0.1) is 11.3 Å². The van der Waals surface area contributed by atoms with Gasteiger partial charge >= 0.3 is 5.97 Å². The van der Waals surface area contributed by atoms with Crippen LogP contribution in [0.2, 0.25) is 0 Å². The van der Waals surface area contributed by atoms with E-state index in [0.29, 0.717) is 0 Å². The molecular formula is C12H12O4S2. The molecule has 0 spiro atoms. The van der Waals surface area contributed by atoms with Crippen molar-refractivity contribution in [1.82, 2.24) is 0 Å². The molecule has 0 aliphatic rings. The Labute approximate surface area is 109 Å². The summed E-state index contributed by atoms with van der Waals surface area (Å²) in [6, 6.07) is 6.56. The zero-order valence-corrected chi connectivity index (χ0v) is 11.3. The second kappa shape index (κ2) is 4.70. The molecule has 1 aromatic heterocycles. The molecule has 0 aliphatic carbocycles. The first kappa shape index (κ1) is 13.0. The fraction of sp³-hybridized carbons (Fsp3) is 0.250. The summed E-state index contributed by atoms with van der Waals surface area (Å²) in [4.78, 5) is 11.6. The molecule has 4 nitrogen and oxygen atoms in total. The molecule has 0 saturated heterocycles. The zero-order valence-electron chi connectivity index (χ0n) is 9.71. The Bertz CT molecular complexity index is 698. The fourth-order valence-corrected chi connectivity index (χ4v) is 3.96. The minimum atomic E-state index is -3.05. The molecule has 6 heteroatoms. The van der Waals surface area contributed by atoms with E-state index in [1.165, 1.54) is 17.4 Å². The lowest BCUT2D eigenvalue weighted by Gasteiger charge is -1.96. The molecule has 0 aliphatic heterocycles. The Morgan fingerprint density at radius 3 is 2.67 bits per heavy atom. The summed E-state index contributed by atoms with van der Waals surface area (Å²) in [6.45, 7) is 1.62. The maximum Gasteiger partial charge on any atom is 0.335 e. The number of hydrogen-bond acceptors (Lipinski definition) is 4. The van der Waals surface area contributed by atoms with E-state index >= 15 is 0 Å². The maximum absolute atomic E-state index is 11.5. The Morgan fingerprint density at radius 1 is 1.33 bits per heavy atom. The molecule has 2 aromatic rings. The fourth-order valence-electron chi connectivity index (χ4n) is 1.62. The van der Waals surface area contributed by atoms with Gasteiger partial charge in [0.2, 0.25) is 0 Å². The average molecular weight is 284 g/mol. The van der Waals surface area contributed by atoms with Crippen LogP contribution in [0.25, 0.3) is 10.1 Å². The van der Waals surface area contributed by atoms with E-state index in [4.69, 9.17) is 5.11 Å². The molecule has 0 bridgehead atoms. The second-order valence-corrected chi connectivity index (χ2v) is 7.47. The third-order valence-electron chi connectivity index (χ3n) is 2.62. The summed E-state index contributed by atoms with van der Waals surface area (Å²) in [7, 11) is -3.05. The van der Waals surface area contributed by atoms with Gasteiger partial charge in [0.15, 0.2) is 9.84 Å². The van der Waals surface area contributed by atoms with E-state index in [1.807, 2.05) is 0 Å². The van der Waals surface area contributed by atoms with Crippen LogP contribution in [0, 0.1) is 0 Å². The highest BCUT2D eigenvalue weighted by Gasteiger charge is 2.12. The summed E-state index contributed by atoms with van der Waals surface area (Å²) in [6.07, 6.45) is 0. The van der Waals surface area contributed by atoms with Crippen molar-refractivity contribution >= 4 is 37.2 Å². The molecule has 2 rings (SSSR count). The van der Waals surface area contributed by atoms with E-state index in [9.17, 15) is 13.2 Å². The van der Waals surface area contributed by atoms with Gasteiger partial charge in [-0.05, 0) is 29.7 Å². The van der Waals surface area contributed by atoms with Crippen LogP contribution in [0.5, 0.6) is 0 Å². The monoisotopic (exact) mass is 284 g/mol. The van der Waals surface area contributed by atoms with Crippen molar-refractivity contribution in [1.29, 1.82) is 0 Å². The predicted molar refractivity (Wildman–Crippen MR) is 71.9 cm³/mol. The zero-order chi connectivity index (χ0) is 13.3. The standard InChI is InChI=1S/C12H12O4S2/c1-2-18(15,16)7-10-6-9-5-8(12(13)14)3-4-11(9)17-10/h3-6H,2,7H2,1H3,(H,13,14). The minimum absolute atomic E-state index is 0.0191. The van der Waals surface area contributed by atoms with Crippen molar-refractivity contribution in [2.75, 3.05) is 5.75 Å². The van der Waals surface area contributed by atoms with E-state index in [-0.39, 0.29) is 17.1 Å². The molecule has 1 N–H and O–H groups in total. The highest BCUT2D eigenvalue weighted by atomic mass is 32.2. The number of carboxylic acids is 1. The molecule has 0 atom stereocenters. The number of thiophene rings is 1. The number of carboxylic acid groups (broad SMARTS) is 1. The third-order valence-corrected chi connectivity index (χ3v) is 5.55. The molecule has 1 aromatic carbocycles. The lowest BCUT2D eigenvalue weighted by atomic mass is 10.2. The Balaban J connectivity index is 2.42. The maximum atomic E-state index is 11.5. The van der Waals surface area contributed by atoms with Gasteiger partial charge in [0.05, 0.1) is 11.3 Å². The summed E-state index contributed by atoms with van der Waals surface area (Å²) < 4.78 is 24.0. The molecule has 1 heterocycles. The van der Waals surface area contributed by atoms with Crippen molar-refractivity contribution < 1.29 is 18.3 Å². The van der Waals surface area contributed by atoms with Gasteiger partial charge in [0, 0.05) is 15.3 Å². The van der Waals surface area contributed by atoms with Crippen molar-refractivity contribution in [3.63, 3.8) is 0 Å².